The van der Waals surface area contributed by atoms with Crippen LogP contribution in [0.25, 0.3) is 0 Å². The highest BCUT2D eigenvalue weighted by Crippen LogP contribution is 2.23. The van der Waals surface area contributed by atoms with Crippen LogP contribution >= 0.6 is 15.9 Å². The van der Waals surface area contributed by atoms with Crippen LogP contribution in [0.15, 0.2) is 46.9 Å². The first-order valence-corrected chi connectivity index (χ1v) is 6.84. The lowest BCUT2D eigenvalue weighted by molar-refractivity contribution is -0.116. The predicted octanol–water partition coefficient (Wildman–Crippen LogP) is 4.30. The molecule has 0 bridgehead atoms. The van der Waals surface area contributed by atoms with Crippen molar-refractivity contribution in [2.24, 2.45) is 0 Å². The van der Waals surface area contributed by atoms with Crippen molar-refractivity contribution < 1.29 is 13.6 Å². The van der Waals surface area contributed by atoms with Gasteiger partial charge in [-0.25, -0.2) is 8.78 Å². The van der Waals surface area contributed by atoms with Crippen LogP contribution in [0.5, 0.6) is 0 Å². The molecule has 0 fully saturated rings. The monoisotopic (exact) mass is 339 g/mol. The van der Waals surface area contributed by atoms with Gasteiger partial charge in [-0.1, -0.05) is 30.3 Å². The molecule has 0 aliphatic carbocycles. The highest BCUT2D eigenvalue weighted by molar-refractivity contribution is 9.10. The number of benzene rings is 2. The maximum absolute atomic E-state index is 13.5. The summed E-state index contributed by atoms with van der Waals surface area (Å²) in [4.78, 5) is 11.7. The van der Waals surface area contributed by atoms with Crippen molar-refractivity contribution in [3.63, 3.8) is 0 Å². The fraction of sp³-hybridized carbons (Fsp3) is 0.133. The Balaban J connectivity index is 1.97. The number of hydrogen-bond donors (Lipinski definition) is 1. The number of hydrogen-bond acceptors (Lipinski definition) is 1. The Morgan fingerprint density at radius 1 is 1.10 bits per heavy atom. The van der Waals surface area contributed by atoms with E-state index < -0.39 is 11.6 Å². The van der Waals surface area contributed by atoms with E-state index in [1.807, 2.05) is 30.3 Å². The predicted molar refractivity (Wildman–Crippen MR) is 77.5 cm³/mol. The first-order chi connectivity index (χ1) is 9.56. The van der Waals surface area contributed by atoms with E-state index in [-0.39, 0.29) is 22.5 Å². The minimum Gasteiger partial charge on any atom is -0.324 e. The summed E-state index contributed by atoms with van der Waals surface area (Å²) in [5.74, 6) is -1.65. The average Bonchev–Trinajstić information content (AvgIpc) is 2.44. The lowest BCUT2D eigenvalue weighted by Crippen LogP contribution is -2.13. The molecule has 2 aromatic carbocycles. The first-order valence-electron chi connectivity index (χ1n) is 6.04. The van der Waals surface area contributed by atoms with Gasteiger partial charge in [-0.05, 0) is 34.0 Å². The molecule has 0 aromatic heterocycles. The lowest BCUT2D eigenvalue weighted by atomic mass is 10.1. The topological polar surface area (TPSA) is 29.1 Å². The van der Waals surface area contributed by atoms with E-state index in [1.165, 1.54) is 0 Å². The van der Waals surface area contributed by atoms with Gasteiger partial charge in [-0.15, -0.1) is 0 Å². The van der Waals surface area contributed by atoms with Crippen LogP contribution in [0.2, 0.25) is 0 Å². The summed E-state index contributed by atoms with van der Waals surface area (Å²) in [5, 5.41) is 2.37. The third kappa shape index (κ3) is 3.87. The fourth-order valence-corrected chi connectivity index (χ4v) is 2.05. The van der Waals surface area contributed by atoms with E-state index >= 15 is 0 Å². The van der Waals surface area contributed by atoms with Crippen molar-refractivity contribution in [2.45, 2.75) is 12.8 Å². The van der Waals surface area contributed by atoms with Gasteiger partial charge in [-0.2, -0.15) is 0 Å². The molecule has 5 heteroatoms. The normalized spacial score (nSPS) is 10.3. The second-order valence-corrected chi connectivity index (χ2v) is 5.13. The van der Waals surface area contributed by atoms with Gasteiger partial charge >= 0.3 is 0 Å². The van der Waals surface area contributed by atoms with Crippen LogP contribution < -0.4 is 5.32 Å². The maximum atomic E-state index is 13.5. The molecule has 0 atom stereocenters. The van der Waals surface area contributed by atoms with E-state index in [1.54, 1.807) is 0 Å². The summed E-state index contributed by atoms with van der Waals surface area (Å²) in [7, 11) is 0. The largest absolute Gasteiger partial charge is 0.324 e. The van der Waals surface area contributed by atoms with Crippen molar-refractivity contribution in [2.75, 3.05) is 5.32 Å². The number of aryl methyl sites for hydroxylation is 1. The molecule has 0 saturated carbocycles. The molecule has 2 rings (SSSR count). The number of carbonyl (C=O) groups is 1. The SMILES string of the molecule is O=C(CCc1ccccc1)Nc1cc(F)c(Br)cc1F. The molecule has 0 aliphatic heterocycles. The molecular formula is C15H12BrF2NO. The number of amides is 1. The van der Waals surface area contributed by atoms with Crippen LogP contribution in [0.1, 0.15) is 12.0 Å². The second kappa shape index (κ2) is 6.61. The minimum atomic E-state index is -0.675. The molecule has 1 N–H and O–H groups in total. The minimum absolute atomic E-state index is 0.0253. The van der Waals surface area contributed by atoms with E-state index in [0.717, 1.165) is 17.7 Å². The number of nitrogens with one attached hydrogen (secondary N) is 1. The van der Waals surface area contributed by atoms with E-state index in [2.05, 4.69) is 21.2 Å². The van der Waals surface area contributed by atoms with Crippen molar-refractivity contribution >= 4 is 27.5 Å². The summed E-state index contributed by atoms with van der Waals surface area (Å²) in [6, 6.07) is 11.4. The summed E-state index contributed by atoms with van der Waals surface area (Å²) in [6.07, 6.45) is 0.758. The molecule has 0 radical (unpaired) electrons. The first kappa shape index (κ1) is 14.7. The molecule has 0 saturated heterocycles. The molecule has 104 valence electrons. The van der Waals surface area contributed by atoms with Crippen LogP contribution in [-0.2, 0) is 11.2 Å². The molecule has 0 unspecified atom stereocenters. The van der Waals surface area contributed by atoms with E-state index in [0.29, 0.717) is 6.42 Å². The number of rotatable bonds is 4. The van der Waals surface area contributed by atoms with E-state index in [9.17, 15) is 13.6 Å². The Labute approximate surface area is 123 Å². The Hall–Kier alpha value is -1.75. The molecule has 0 spiro atoms. The highest BCUT2D eigenvalue weighted by Gasteiger charge is 2.11. The van der Waals surface area contributed by atoms with Crippen molar-refractivity contribution in [1.29, 1.82) is 0 Å². The van der Waals surface area contributed by atoms with Gasteiger partial charge in [0, 0.05) is 12.5 Å². The van der Waals surface area contributed by atoms with E-state index in [4.69, 9.17) is 0 Å². The summed E-state index contributed by atoms with van der Waals surface area (Å²) < 4.78 is 26.9. The Bertz CT molecular complexity index is 617. The number of carbonyl (C=O) groups excluding carboxylic acids is 1. The zero-order chi connectivity index (χ0) is 14.5. The molecule has 0 heterocycles. The van der Waals surface area contributed by atoms with Crippen molar-refractivity contribution in [3.05, 3.63) is 64.1 Å². The van der Waals surface area contributed by atoms with Crippen LogP contribution in [-0.4, -0.2) is 5.91 Å². The molecule has 0 aliphatic rings. The number of anilines is 1. The van der Waals surface area contributed by atoms with Crippen LogP contribution in [0.4, 0.5) is 14.5 Å². The zero-order valence-electron chi connectivity index (χ0n) is 10.5. The van der Waals surface area contributed by atoms with Crippen LogP contribution in [0, 0.1) is 11.6 Å². The fourth-order valence-electron chi connectivity index (χ4n) is 1.73. The maximum Gasteiger partial charge on any atom is 0.224 e. The Morgan fingerprint density at radius 3 is 2.50 bits per heavy atom. The quantitative estimate of drug-likeness (QED) is 0.826. The highest BCUT2D eigenvalue weighted by atomic mass is 79.9. The van der Waals surface area contributed by atoms with Crippen molar-refractivity contribution in [3.8, 4) is 0 Å². The molecule has 20 heavy (non-hydrogen) atoms. The second-order valence-electron chi connectivity index (χ2n) is 4.28. The van der Waals surface area contributed by atoms with Gasteiger partial charge in [0.05, 0.1) is 10.2 Å². The smallest absolute Gasteiger partial charge is 0.224 e. The van der Waals surface area contributed by atoms with Crippen molar-refractivity contribution in [1.82, 2.24) is 0 Å². The summed E-state index contributed by atoms with van der Waals surface area (Å²) >= 11 is 2.88. The average molecular weight is 340 g/mol. The number of halogens is 3. The summed E-state index contributed by atoms with van der Waals surface area (Å²) in [6.45, 7) is 0. The zero-order valence-corrected chi connectivity index (χ0v) is 12.1. The van der Waals surface area contributed by atoms with Gasteiger partial charge < -0.3 is 5.32 Å². The summed E-state index contributed by atoms with van der Waals surface area (Å²) in [5.41, 5.74) is 0.869. The van der Waals surface area contributed by atoms with Gasteiger partial charge in [-0.3, -0.25) is 4.79 Å². The van der Waals surface area contributed by atoms with Gasteiger partial charge in [0.2, 0.25) is 5.91 Å². The standard InChI is InChI=1S/C15H12BrF2NO/c16-11-8-13(18)14(9-12(11)17)19-15(20)7-6-10-4-2-1-3-5-10/h1-5,8-9H,6-7H2,(H,19,20). The lowest BCUT2D eigenvalue weighted by Gasteiger charge is -2.07. The van der Waals surface area contributed by atoms with Gasteiger partial charge in [0.25, 0.3) is 0 Å². The molecule has 2 aromatic rings. The molecule has 2 nitrogen and oxygen atoms in total. The molecular weight excluding hydrogens is 328 g/mol. The van der Waals surface area contributed by atoms with Gasteiger partial charge in [0.1, 0.15) is 11.6 Å². The third-order valence-corrected chi connectivity index (χ3v) is 3.38. The van der Waals surface area contributed by atoms with Crippen LogP contribution in [0.3, 0.4) is 0 Å². The Kier molecular flexibility index (Phi) is 4.84. The third-order valence-electron chi connectivity index (χ3n) is 2.77. The van der Waals surface area contributed by atoms with Gasteiger partial charge in [0.15, 0.2) is 0 Å². The molecule has 1 amide bonds. The Morgan fingerprint density at radius 2 is 1.80 bits per heavy atom.